The first-order valence-corrected chi connectivity index (χ1v) is 4.85. The first-order chi connectivity index (χ1) is 4.10. The van der Waals surface area contributed by atoms with Gasteiger partial charge in [-0.15, -0.1) is 0 Å². The quantitative estimate of drug-likeness (QED) is 0.519. The van der Waals surface area contributed by atoms with Crippen LogP contribution in [0, 0.1) is 5.41 Å². The smallest absolute Gasteiger partial charge is 0.0496 e. The molecule has 0 unspecified atom stereocenters. The molecule has 0 spiro atoms. The molecule has 0 bridgehead atoms. The second kappa shape index (κ2) is 2.53. The van der Waals surface area contributed by atoms with Crippen molar-refractivity contribution in [1.82, 2.24) is 0 Å². The molecule has 0 nitrogen and oxygen atoms in total. The van der Waals surface area contributed by atoms with Crippen LogP contribution in [0.15, 0.2) is 0 Å². The van der Waals surface area contributed by atoms with E-state index in [0.717, 1.165) is 11.5 Å². The number of hydrogen-bond acceptors (Lipinski definition) is 2. The van der Waals surface area contributed by atoms with Crippen LogP contribution in [0.1, 0.15) is 15.2 Å². The zero-order valence-electron chi connectivity index (χ0n) is 6.31. The lowest BCUT2D eigenvalue weighted by molar-refractivity contribution is 0.490. The zero-order valence-corrected chi connectivity index (χ0v) is 6.94. The van der Waals surface area contributed by atoms with E-state index in [0.29, 0.717) is 5.41 Å². The maximum atomic E-state index is 7.37. The Balaban J connectivity index is 2.35. The van der Waals surface area contributed by atoms with Gasteiger partial charge in [-0.25, -0.2) is 0 Å². The fraction of sp³-hybridized carbons (Fsp3) is 1.00. The highest BCUT2D eigenvalue weighted by Gasteiger charge is 2.21. The molecule has 8 heavy (non-hydrogen) atoms. The summed E-state index contributed by atoms with van der Waals surface area (Å²) in [6.45, 7) is 4.53. The van der Waals surface area contributed by atoms with Crippen LogP contribution in [0.25, 0.3) is 0 Å². The standard InChI is InChI=1S/C6H12S2/c1-6(2)3-7-5-8-4-6/h3-5H2,1-2H3/i5D. The Labute approximate surface area is 61.2 Å². The monoisotopic (exact) mass is 149 g/mol. The lowest BCUT2D eigenvalue weighted by atomic mass is 10.0. The summed E-state index contributed by atoms with van der Waals surface area (Å²) in [7, 11) is 0. The van der Waals surface area contributed by atoms with E-state index in [9.17, 15) is 0 Å². The molecule has 0 atom stereocenters. The zero-order chi connectivity index (χ0) is 6.91. The van der Waals surface area contributed by atoms with Crippen molar-refractivity contribution in [2.75, 3.05) is 16.6 Å². The van der Waals surface area contributed by atoms with Crippen LogP contribution in [0.3, 0.4) is 0 Å². The van der Waals surface area contributed by atoms with Crippen molar-refractivity contribution in [3.8, 4) is 0 Å². The van der Waals surface area contributed by atoms with E-state index in [-0.39, 0.29) is 5.06 Å². The molecule has 0 aliphatic carbocycles. The lowest BCUT2D eigenvalue weighted by Gasteiger charge is -2.27. The summed E-state index contributed by atoms with van der Waals surface area (Å²) in [6, 6.07) is 0. The third-order valence-corrected chi connectivity index (χ3v) is 4.07. The van der Waals surface area contributed by atoms with E-state index >= 15 is 0 Å². The molecule has 2 heteroatoms. The van der Waals surface area contributed by atoms with Gasteiger partial charge in [0.05, 0.1) is 0 Å². The van der Waals surface area contributed by atoms with E-state index in [1.54, 1.807) is 23.5 Å². The van der Waals surface area contributed by atoms with Crippen molar-refractivity contribution < 1.29 is 1.37 Å². The van der Waals surface area contributed by atoms with Gasteiger partial charge in [0.15, 0.2) is 0 Å². The van der Waals surface area contributed by atoms with Crippen LogP contribution < -0.4 is 0 Å². The molecule has 1 fully saturated rings. The molecule has 1 saturated heterocycles. The third-order valence-electron chi connectivity index (χ3n) is 1.08. The fourth-order valence-corrected chi connectivity index (χ4v) is 2.77. The summed E-state index contributed by atoms with van der Waals surface area (Å²) in [5, 5.41) is 0.0815. The Morgan fingerprint density at radius 2 is 1.88 bits per heavy atom. The summed E-state index contributed by atoms with van der Waals surface area (Å²) >= 11 is 3.51. The average molecular weight is 149 g/mol. The normalized spacial score (nSPS) is 32.0. The van der Waals surface area contributed by atoms with Gasteiger partial charge < -0.3 is 0 Å². The molecule has 48 valence electrons. The summed E-state index contributed by atoms with van der Waals surface area (Å²) in [5.41, 5.74) is 0.465. The Hall–Kier alpha value is 0.700. The van der Waals surface area contributed by atoms with Gasteiger partial charge in [-0.3, -0.25) is 0 Å². The summed E-state index contributed by atoms with van der Waals surface area (Å²) in [6.07, 6.45) is 0. The van der Waals surface area contributed by atoms with Crippen molar-refractivity contribution >= 4 is 23.5 Å². The van der Waals surface area contributed by atoms with E-state index < -0.39 is 0 Å². The molecule has 1 aliphatic heterocycles. The molecule has 0 aromatic heterocycles. The average Bonchev–Trinajstić information content (AvgIpc) is 1.78. The highest BCUT2D eigenvalue weighted by molar-refractivity contribution is 8.16. The Morgan fingerprint density at radius 1 is 1.38 bits per heavy atom. The van der Waals surface area contributed by atoms with Gasteiger partial charge in [0.25, 0.3) is 0 Å². The summed E-state index contributed by atoms with van der Waals surface area (Å²) < 4.78 is 7.37. The van der Waals surface area contributed by atoms with Crippen molar-refractivity contribution in [3.63, 3.8) is 0 Å². The van der Waals surface area contributed by atoms with Crippen LogP contribution in [0.2, 0.25) is 0 Å². The predicted molar refractivity (Wildman–Crippen MR) is 43.6 cm³/mol. The second-order valence-corrected chi connectivity index (χ2v) is 4.90. The number of thioether (sulfide) groups is 2. The SMILES string of the molecule is [2H]C1SCC(C)(C)CS1. The lowest BCUT2D eigenvalue weighted by Crippen LogP contribution is -2.21. The van der Waals surface area contributed by atoms with Gasteiger partial charge in [-0.1, -0.05) is 13.8 Å². The van der Waals surface area contributed by atoms with Gasteiger partial charge in [-0.2, -0.15) is 23.5 Å². The summed E-state index contributed by atoms with van der Waals surface area (Å²) in [4.78, 5) is 0. The van der Waals surface area contributed by atoms with Crippen LogP contribution >= 0.6 is 23.5 Å². The van der Waals surface area contributed by atoms with E-state index in [1.807, 2.05) is 0 Å². The highest BCUT2D eigenvalue weighted by atomic mass is 32.2. The summed E-state index contributed by atoms with van der Waals surface area (Å²) in [5.74, 6) is 2.29. The van der Waals surface area contributed by atoms with Gasteiger partial charge >= 0.3 is 0 Å². The first kappa shape index (κ1) is 5.48. The Morgan fingerprint density at radius 3 is 2.25 bits per heavy atom. The largest absolute Gasteiger partial charge is 0.150 e. The van der Waals surface area contributed by atoms with Crippen LogP contribution in [0.5, 0.6) is 0 Å². The second-order valence-electron chi connectivity index (χ2n) is 2.88. The van der Waals surface area contributed by atoms with E-state index in [2.05, 4.69) is 13.8 Å². The number of hydrogen-bond donors (Lipinski definition) is 0. The van der Waals surface area contributed by atoms with Crippen molar-refractivity contribution in [2.45, 2.75) is 13.8 Å². The van der Waals surface area contributed by atoms with Gasteiger partial charge in [0.1, 0.15) is 0 Å². The maximum Gasteiger partial charge on any atom is 0.0496 e. The highest BCUT2D eigenvalue weighted by Crippen LogP contribution is 2.33. The van der Waals surface area contributed by atoms with Crippen LogP contribution in [0.4, 0.5) is 0 Å². The molecule has 0 radical (unpaired) electrons. The minimum absolute atomic E-state index is 0.0815. The van der Waals surface area contributed by atoms with Crippen molar-refractivity contribution in [2.24, 2.45) is 5.41 Å². The maximum absolute atomic E-state index is 7.37. The third kappa shape index (κ3) is 1.90. The molecule has 1 aliphatic rings. The Bertz CT molecular complexity index is 93.2. The molecular formula is C6H12S2. The first-order valence-electron chi connectivity index (χ1n) is 3.33. The molecule has 0 aromatic rings. The minimum Gasteiger partial charge on any atom is -0.150 e. The van der Waals surface area contributed by atoms with Crippen LogP contribution in [-0.2, 0) is 0 Å². The molecule has 0 amide bonds. The molecule has 1 heterocycles. The Kier molecular flexibility index (Phi) is 1.73. The predicted octanol–water partition coefficient (Wildman–Crippen LogP) is 2.45. The van der Waals surface area contributed by atoms with Crippen molar-refractivity contribution in [1.29, 1.82) is 0 Å². The molecule has 1 rings (SSSR count). The molecule has 0 saturated carbocycles. The topological polar surface area (TPSA) is 0 Å². The number of rotatable bonds is 0. The van der Waals surface area contributed by atoms with E-state index in [1.165, 1.54) is 0 Å². The molecular weight excluding hydrogens is 136 g/mol. The van der Waals surface area contributed by atoms with Crippen molar-refractivity contribution in [3.05, 3.63) is 0 Å². The van der Waals surface area contributed by atoms with E-state index in [4.69, 9.17) is 1.37 Å². The van der Waals surface area contributed by atoms with Gasteiger partial charge in [-0.05, 0) is 5.41 Å². The van der Waals surface area contributed by atoms with Crippen LogP contribution in [-0.4, -0.2) is 16.6 Å². The minimum atomic E-state index is 0.0815. The molecule has 0 aromatic carbocycles. The molecule has 0 N–H and O–H groups in total. The van der Waals surface area contributed by atoms with Gasteiger partial charge in [0, 0.05) is 17.9 Å². The van der Waals surface area contributed by atoms with Gasteiger partial charge in [0.2, 0.25) is 0 Å². The fourth-order valence-electron chi connectivity index (χ4n) is 0.609.